The minimum Gasteiger partial charge on any atom is -0.508 e. The van der Waals surface area contributed by atoms with Crippen molar-refractivity contribution in [1.82, 2.24) is 0 Å². The summed E-state index contributed by atoms with van der Waals surface area (Å²) in [6, 6.07) is 26.2. The highest BCUT2D eigenvalue weighted by atomic mass is 16.8. The van der Waals surface area contributed by atoms with Crippen LogP contribution in [-0.2, 0) is 90.3 Å². The maximum atomic E-state index is 13.4. The molecule has 0 amide bonds. The Hall–Kier alpha value is -12.6. The number of carbonyl (C=O) groups excluding carboxylic acids is 5. The highest BCUT2D eigenvalue weighted by Gasteiger charge is 2.54. The van der Waals surface area contributed by atoms with E-state index in [1.54, 1.807) is 0 Å². The molecule has 0 saturated carbocycles. The van der Waals surface area contributed by atoms with Gasteiger partial charge < -0.3 is 233 Å². The van der Waals surface area contributed by atoms with Crippen molar-refractivity contribution < 1.29 is 261 Å². The summed E-state index contributed by atoms with van der Waals surface area (Å²) in [5.74, 6) is -12.1. The second-order valence-corrected chi connectivity index (χ2v) is 35.0. The van der Waals surface area contributed by atoms with Gasteiger partial charge in [-0.3, -0.25) is 9.59 Å². The number of fused-ring (bicyclic) bond motifs is 1. The SMILES string of the molecule is O=C(O)CC(=O)OCC1OC(OC2=Cc3c(O)cc(O)cc3OC2c2cc(OC3OC(COC(=O)C=Cc4ccc(OC5OC(COC(=O)C=Cc6ccc(OC7OC(CO)C(O)C(O)C7O)cc6)C(O)C(O)C5O)cc4)C(O)C(O)C3O)c(O)c(OC3OC(COC(=O)C=Cc4ccc(OC5OC(COC(=O)C=Cc6ccc(OC7OC(CO)C(O)C(O)C7O)cc6)C(O)C(O)C5O)cc4)C(O)C(O)C3O)c2)C(O)C(O)C1O. The largest absolute Gasteiger partial charge is 0.508 e. The summed E-state index contributed by atoms with van der Waals surface area (Å²) in [5, 5.41) is 290. The van der Waals surface area contributed by atoms with Crippen LogP contribution in [0.25, 0.3) is 30.4 Å². The molecule has 0 spiro atoms. The molecule has 53 heteroatoms. The van der Waals surface area contributed by atoms with Gasteiger partial charge in [-0.05, 0) is 113 Å². The first-order valence-electron chi connectivity index (χ1n) is 45.7. The molecule has 0 radical (unpaired) electrons. The van der Waals surface area contributed by atoms with E-state index in [0.717, 1.165) is 54.6 Å². The molecule has 14 rings (SSSR count). The smallest absolute Gasteiger partial charge is 0.330 e. The minimum absolute atomic E-state index is 0.00791. The Kier molecular flexibility index (Phi) is 37.5. The summed E-state index contributed by atoms with van der Waals surface area (Å²) in [4.78, 5) is 76.1. The van der Waals surface area contributed by atoms with Gasteiger partial charge in [0.05, 0.1) is 18.8 Å². The lowest BCUT2D eigenvalue weighted by Crippen LogP contribution is -2.60. The van der Waals surface area contributed by atoms with E-state index < -0.39 is 350 Å². The van der Waals surface area contributed by atoms with Gasteiger partial charge in [0.15, 0.2) is 17.6 Å². The van der Waals surface area contributed by atoms with E-state index in [0.29, 0.717) is 11.1 Å². The molecule has 8 aliphatic rings. The van der Waals surface area contributed by atoms with E-state index in [9.17, 15) is 162 Å². The van der Waals surface area contributed by atoms with Crippen LogP contribution in [0.5, 0.6) is 57.5 Å². The lowest BCUT2D eigenvalue weighted by molar-refractivity contribution is -0.294. The standard InChI is InChI=1S/C96H108O53/c97-31-54-68(109)75(116)82(123)90(143-54)135-44-13-1-38(2-14-44)9-21-62(103)130-33-56-70(111)77(118)84(125)92(145-56)137-46-17-5-40(6-18-46)11-23-64(105)132-35-58-72(113)79(120)86(127)94(147-58)140-51-25-42(89-53(29-48-49(100)27-43(99)28-50(48)139-89)142-96-88(129)81(122)74(115)60(149-96)37-134-66(107)30-61(101)102)26-52(67(51)108)141-95-87(128)80(121)73(114)59(148-95)36-133-65(106)24-12-41-7-19-47(20-8-41)138-93-85(126)78(119)71(112)57(146-93)34-131-63(104)22-10-39-3-15-45(16-4-39)136-91-83(124)76(117)69(110)55(32-98)144-91/h1-29,54-60,68-100,108-129H,30-37H2,(H,101,102). The fraction of sp³-hybridized carbons (Fsp3) is 0.458. The van der Waals surface area contributed by atoms with Gasteiger partial charge >= 0.3 is 35.8 Å². The molecular formula is C96H108O53. The third kappa shape index (κ3) is 27.4. The summed E-state index contributed by atoms with van der Waals surface area (Å²) in [6.45, 7) is -5.55. The monoisotopic (exact) mass is 2110 g/mol. The second kappa shape index (κ2) is 49.9. The molecule has 8 aliphatic heterocycles. The fourth-order valence-electron chi connectivity index (χ4n) is 16.0. The third-order valence-corrected chi connectivity index (χ3v) is 24.5. The van der Waals surface area contributed by atoms with Crippen LogP contribution in [0.2, 0.25) is 0 Å². The van der Waals surface area contributed by atoms with Crippen LogP contribution in [0.1, 0.15) is 45.9 Å². The number of carboxylic acids is 1. The molecule has 7 saturated heterocycles. The third-order valence-electron chi connectivity index (χ3n) is 24.5. The number of ether oxygens (including phenoxy) is 20. The Morgan fingerprint density at radius 2 is 0.550 bits per heavy atom. The van der Waals surface area contributed by atoms with Gasteiger partial charge in [0.25, 0.3) is 0 Å². The Morgan fingerprint density at radius 3 is 0.826 bits per heavy atom. The number of aliphatic hydroxyl groups is 23. The molecule has 810 valence electrons. The maximum Gasteiger partial charge on any atom is 0.330 e. The molecule has 6 aromatic carbocycles. The first-order valence-corrected chi connectivity index (χ1v) is 45.7. The van der Waals surface area contributed by atoms with E-state index >= 15 is 0 Å². The van der Waals surface area contributed by atoms with Crippen LogP contribution in [0, 0.1) is 0 Å². The zero-order valence-corrected chi connectivity index (χ0v) is 77.4. The van der Waals surface area contributed by atoms with Crippen molar-refractivity contribution in [3.8, 4) is 57.5 Å². The van der Waals surface area contributed by atoms with Gasteiger partial charge in [-0.15, -0.1) is 0 Å². The first-order chi connectivity index (χ1) is 71.0. The molecule has 53 nitrogen and oxygen atoms in total. The van der Waals surface area contributed by atoms with Crippen molar-refractivity contribution >= 4 is 66.2 Å². The number of esters is 5. The van der Waals surface area contributed by atoms with E-state index in [1.807, 2.05) is 0 Å². The van der Waals surface area contributed by atoms with E-state index in [2.05, 4.69) is 0 Å². The van der Waals surface area contributed by atoms with Crippen molar-refractivity contribution in [1.29, 1.82) is 0 Å². The molecule has 36 atom stereocenters. The minimum atomic E-state index is -2.33. The number of carboxylic acid groups (broad SMARTS) is 1. The number of hydrogen-bond acceptors (Lipinski definition) is 52. The number of phenolic OH excluding ortho intramolecular Hbond substituents is 3. The zero-order chi connectivity index (χ0) is 107. The van der Waals surface area contributed by atoms with Crippen LogP contribution in [0.4, 0.5) is 0 Å². The highest BCUT2D eigenvalue weighted by molar-refractivity contribution is 5.90. The van der Waals surface area contributed by atoms with Gasteiger partial charge in [-0.1, -0.05) is 48.5 Å². The van der Waals surface area contributed by atoms with E-state index in [1.165, 1.54) is 121 Å². The number of benzene rings is 6. The van der Waals surface area contributed by atoms with Gasteiger partial charge in [-0.25, -0.2) is 19.2 Å². The Morgan fingerprint density at radius 1 is 0.295 bits per heavy atom. The number of carbonyl (C=O) groups is 6. The topological polar surface area (TPSA) is 833 Å². The summed E-state index contributed by atoms with van der Waals surface area (Å²) >= 11 is 0. The van der Waals surface area contributed by atoms with Crippen LogP contribution < -0.4 is 33.2 Å². The summed E-state index contributed by atoms with van der Waals surface area (Å²) in [5.41, 5.74) is 0.722. The van der Waals surface area contributed by atoms with Crippen molar-refractivity contribution in [3.63, 3.8) is 0 Å². The number of aliphatic carboxylic acids is 1. The van der Waals surface area contributed by atoms with Gasteiger partial charge in [0, 0.05) is 42.0 Å². The first kappa shape index (κ1) is 112. The molecule has 0 aromatic heterocycles. The van der Waals surface area contributed by atoms with Crippen molar-refractivity contribution in [2.75, 3.05) is 46.2 Å². The normalized spacial score (nSPS) is 34.2. The van der Waals surface area contributed by atoms with Gasteiger partial charge in [-0.2, -0.15) is 0 Å². The summed E-state index contributed by atoms with van der Waals surface area (Å²) < 4.78 is 113. The predicted molar refractivity (Wildman–Crippen MR) is 484 cm³/mol. The van der Waals surface area contributed by atoms with Crippen LogP contribution in [-0.4, -0.2) is 435 Å². The van der Waals surface area contributed by atoms with Crippen LogP contribution in [0.3, 0.4) is 0 Å². The molecule has 27 N–H and O–H groups in total. The number of hydrogen-bond donors (Lipinski definition) is 27. The molecule has 149 heavy (non-hydrogen) atoms. The van der Waals surface area contributed by atoms with Crippen molar-refractivity contribution in [2.45, 2.75) is 227 Å². The molecular weight excluding hydrogens is 2000 g/mol. The molecule has 36 unspecified atom stereocenters. The zero-order valence-electron chi connectivity index (χ0n) is 77.4. The maximum absolute atomic E-state index is 13.4. The average molecular weight is 2110 g/mol. The van der Waals surface area contributed by atoms with Crippen LogP contribution in [0.15, 0.2) is 151 Å². The lowest BCUT2D eigenvalue weighted by atomic mass is 9.98. The van der Waals surface area contributed by atoms with Gasteiger partial charge in [0.2, 0.25) is 49.8 Å². The highest BCUT2D eigenvalue weighted by Crippen LogP contribution is 2.50. The van der Waals surface area contributed by atoms with Crippen molar-refractivity contribution in [2.24, 2.45) is 0 Å². The fourth-order valence-corrected chi connectivity index (χ4v) is 16.0. The Labute approximate surface area is 840 Å². The van der Waals surface area contributed by atoms with E-state index in [-0.39, 0.29) is 45.4 Å². The summed E-state index contributed by atoms with van der Waals surface area (Å²) in [7, 11) is 0. The lowest BCUT2D eigenvalue weighted by Gasteiger charge is -2.41. The second-order valence-electron chi connectivity index (χ2n) is 35.0. The molecule has 7 fully saturated rings. The quantitative estimate of drug-likeness (QED) is 0.00745. The number of rotatable bonds is 37. The number of aromatic hydroxyl groups is 3. The molecule has 8 heterocycles. The summed E-state index contributed by atoms with van der Waals surface area (Å²) in [6.07, 6.45) is -58.0. The van der Waals surface area contributed by atoms with Crippen molar-refractivity contribution in [3.05, 3.63) is 185 Å². The number of phenols is 3. The van der Waals surface area contributed by atoms with Gasteiger partial charge in [0.1, 0.15) is 256 Å². The van der Waals surface area contributed by atoms with E-state index in [4.69, 9.17) is 99.8 Å². The van der Waals surface area contributed by atoms with Crippen LogP contribution >= 0.6 is 0 Å². The Bertz CT molecular complexity index is 5420. The predicted octanol–water partition coefficient (Wildman–Crippen LogP) is -7.75. The average Bonchev–Trinajstić information content (AvgIpc) is 0.761. The number of aliphatic hydroxyl groups excluding tert-OH is 23. The molecule has 6 aromatic rings. The Balaban J connectivity index is 0.617. The molecule has 0 bridgehead atoms. The molecule has 0 aliphatic carbocycles.